The Bertz CT molecular complexity index is 542. The largest absolute Gasteiger partial charge is 0.493 e. The Balaban J connectivity index is 2.02. The summed E-state index contributed by atoms with van der Waals surface area (Å²) in [5.41, 5.74) is 8.43. The van der Waals surface area contributed by atoms with E-state index in [0.29, 0.717) is 5.82 Å². The lowest BCUT2D eigenvalue weighted by Gasteiger charge is -2.22. The van der Waals surface area contributed by atoms with E-state index in [2.05, 4.69) is 16.0 Å². The topological polar surface area (TPSA) is 61.0 Å². The van der Waals surface area contributed by atoms with E-state index in [-0.39, 0.29) is 6.04 Å². The molecule has 1 atom stereocenters. The van der Waals surface area contributed by atoms with Crippen molar-refractivity contribution < 1.29 is 4.74 Å². The van der Waals surface area contributed by atoms with Crippen LogP contribution in [0.2, 0.25) is 0 Å². The Kier molecular flexibility index (Phi) is 2.94. The third-order valence-corrected chi connectivity index (χ3v) is 3.16. The Morgan fingerprint density at radius 3 is 2.83 bits per heavy atom. The minimum Gasteiger partial charge on any atom is -0.493 e. The molecule has 0 fully saturated rings. The molecule has 0 amide bonds. The fraction of sp³-hybridized carbons (Fsp3) is 0.286. The van der Waals surface area contributed by atoms with Gasteiger partial charge in [-0.1, -0.05) is 18.2 Å². The van der Waals surface area contributed by atoms with E-state index in [1.54, 1.807) is 18.5 Å². The monoisotopic (exact) mass is 241 g/mol. The number of benzene rings is 1. The molecule has 3 rings (SSSR count). The molecule has 0 bridgehead atoms. The van der Waals surface area contributed by atoms with E-state index in [1.165, 1.54) is 5.56 Å². The summed E-state index contributed by atoms with van der Waals surface area (Å²) in [5.74, 6) is 1.55. The normalized spacial score (nSPS) is 15.6. The maximum Gasteiger partial charge on any atom is 0.149 e. The van der Waals surface area contributed by atoms with Crippen LogP contribution in [0.25, 0.3) is 0 Å². The zero-order chi connectivity index (χ0) is 12.4. The van der Waals surface area contributed by atoms with E-state index in [0.717, 1.165) is 30.8 Å². The summed E-state index contributed by atoms with van der Waals surface area (Å²) in [6.45, 7) is 0.756. The van der Waals surface area contributed by atoms with Crippen LogP contribution in [0.15, 0.2) is 36.7 Å². The van der Waals surface area contributed by atoms with Crippen LogP contribution in [0.5, 0.6) is 5.75 Å². The van der Waals surface area contributed by atoms with Crippen molar-refractivity contribution >= 4 is 0 Å². The van der Waals surface area contributed by atoms with Crippen LogP contribution in [-0.2, 0) is 6.42 Å². The number of para-hydroxylation sites is 1. The van der Waals surface area contributed by atoms with Gasteiger partial charge in [0.25, 0.3) is 0 Å². The van der Waals surface area contributed by atoms with Crippen LogP contribution in [0.3, 0.4) is 0 Å². The highest BCUT2D eigenvalue weighted by Gasteiger charge is 2.20. The summed E-state index contributed by atoms with van der Waals surface area (Å²) in [4.78, 5) is 8.42. The summed E-state index contributed by atoms with van der Waals surface area (Å²) < 4.78 is 5.76. The first-order valence-electron chi connectivity index (χ1n) is 6.13. The number of nitrogens with two attached hydrogens (primary N) is 1. The molecule has 1 aromatic carbocycles. The van der Waals surface area contributed by atoms with E-state index in [1.807, 2.05) is 12.1 Å². The molecule has 2 N–H and O–H groups in total. The lowest BCUT2D eigenvalue weighted by atomic mass is 9.98. The van der Waals surface area contributed by atoms with Crippen molar-refractivity contribution in [1.29, 1.82) is 0 Å². The van der Waals surface area contributed by atoms with Crippen LogP contribution >= 0.6 is 0 Å². The molecule has 1 aliphatic heterocycles. The van der Waals surface area contributed by atoms with E-state index in [4.69, 9.17) is 10.5 Å². The second-order valence-corrected chi connectivity index (χ2v) is 4.37. The van der Waals surface area contributed by atoms with Gasteiger partial charge in [0.1, 0.15) is 11.6 Å². The van der Waals surface area contributed by atoms with Gasteiger partial charge in [-0.05, 0) is 24.5 Å². The first-order valence-corrected chi connectivity index (χ1v) is 6.13. The minimum absolute atomic E-state index is 0.334. The van der Waals surface area contributed by atoms with Crippen LogP contribution in [0, 0.1) is 0 Å². The Morgan fingerprint density at radius 1 is 1.17 bits per heavy atom. The second-order valence-electron chi connectivity index (χ2n) is 4.37. The van der Waals surface area contributed by atoms with Gasteiger partial charge in [0.2, 0.25) is 0 Å². The molecular weight excluding hydrogens is 226 g/mol. The van der Waals surface area contributed by atoms with Crippen LogP contribution in [0.1, 0.15) is 29.4 Å². The summed E-state index contributed by atoms with van der Waals surface area (Å²) in [6.07, 6.45) is 5.52. The smallest absolute Gasteiger partial charge is 0.149 e. The van der Waals surface area contributed by atoms with Crippen molar-refractivity contribution in [2.24, 2.45) is 5.73 Å². The third kappa shape index (κ3) is 1.95. The number of hydrogen-bond acceptors (Lipinski definition) is 4. The van der Waals surface area contributed by atoms with Gasteiger partial charge in [-0.3, -0.25) is 0 Å². The summed E-state index contributed by atoms with van der Waals surface area (Å²) >= 11 is 0. The fourth-order valence-corrected chi connectivity index (χ4v) is 2.27. The highest BCUT2D eigenvalue weighted by Crippen LogP contribution is 2.33. The minimum atomic E-state index is -0.334. The molecule has 1 aromatic heterocycles. The van der Waals surface area contributed by atoms with Crippen molar-refractivity contribution in [3.63, 3.8) is 0 Å². The number of fused-ring (bicyclic) bond motifs is 1. The van der Waals surface area contributed by atoms with Gasteiger partial charge in [0, 0.05) is 18.0 Å². The number of hydrogen-bond donors (Lipinski definition) is 1. The summed E-state index contributed by atoms with van der Waals surface area (Å²) in [6, 6.07) is 7.56. The lowest BCUT2D eigenvalue weighted by Crippen LogP contribution is -2.19. The van der Waals surface area contributed by atoms with Crippen LogP contribution in [-0.4, -0.2) is 16.6 Å². The maximum absolute atomic E-state index is 6.24. The van der Waals surface area contributed by atoms with Gasteiger partial charge in [-0.2, -0.15) is 0 Å². The number of aryl methyl sites for hydroxylation is 1. The first-order chi connectivity index (χ1) is 8.86. The van der Waals surface area contributed by atoms with E-state index in [9.17, 15) is 0 Å². The molecule has 4 nitrogen and oxygen atoms in total. The number of ether oxygens (including phenoxy) is 1. The predicted octanol–water partition coefficient (Wildman–Crippen LogP) is 1.85. The summed E-state index contributed by atoms with van der Waals surface area (Å²) in [7, 11) is 0. The van der Waals surface area contributed by atoms with Crippen molar-refractivity contribution in [2.45, 2.75) is 18.9 Å². The molecule has 0 aliphatic carbocycles. The Hall–Kier alpha value is -1.94. The number of aromatic nitrogens is 2. The van der Waals surface area contributed by atoms with Crippen molar-refractivity contribution in [1.82, 2.24) is 9.97 Å². The molecule has 18 heavy (non-hydrogen) atoms. The SMILES string of the molecule is NC(c1ncccn1)c1cccc2c1OCCC2. The van der Waals surface area contributed by atoms with Gasteiger partial charge in [-0.15, -0.1) is 0 Å². The molecule has 4 heteroatoms. The Morgan fingerprint density at radius 2 is 2.00 bits per heavy atom. The van der Waals surface area contributed by atoms with Gasteiger partial charge in [0.05, 0.1) is 12.6 Å². The van der Waals surface area contributed by atoms with Crippen molar-refractivity contribution in [2.75, 3.05) is 6.61 Å². The highest BCUT2D eigenvalue weighted by molar-refractivity contribution is 5.46. The molecule has 92 valence electrons. The van der Waals surface area contributed by atoms with Gasteiger partial charge >= 0.3 is 0 Å². The summed E-state index contributed by atoms with van der Waals surface area (Å²) in [5, 5.41) is 0. The molecular formula is C14H15N3O. The molecule has 0 saturated heterocycles. The van der Waals surface area contributed by atoms with E-state index >= 15 is 0 Å². The molecule has 2 heterocycles. The maximum atomic E-state index is 6.24. The molecule has 0 saturated carbocycles. The number of rotatable bonds is 2. The Labute approximate surface area is 106 Å². The zero-order valence-electron chi connectivity index (χ0n) is 10.0. The number of nitrogens with zero attached hydrogens (tertiary/aromatic N) is 2. The third-order valence-electron chi connectivity index (χ3n) is 3.16. The molecule has 0 spiro atoms. The zero-order valence-corrected chi connectivity index (χ0v) is 10.0. The average molecular weight is 241 g/mol. The second kappa shape index (κ2) is 4.74. The van der Waals surface area contributed by atoms with Crippen molar-refractivity contribution in [3.05, 3.63) is 53.6 Å². The van der Waals surface area contributed by atoms with Crippen LogP contribution < -0.4 is 10.5 Å². The van der Waals surface area contributed by atoms with Gasteiger partial charge in [0.15, 0.2) is 0 Å². The van der Waals surface area contributed by atoms with Crippen LogP contribution in [0.4, 0.5) is 0 Å². The highest BCUT2D eigenvalue weighted by atomic mass is 16.5. The van der Waals surface area contributed by atoms with Gasteiger partial charge in [-0.25, -0.2) is 9.97 Å². The standard InChI is InChI=1S/C14H15N3O/c15-12(14-16-7-3-8-17-14)11-6-1-4-10-5-2-9-18-13(10)11/h1,3-4,6-8,12H,2,5,9,15H2. The average Bonchev–Trinajstić information content (AvgIpc) is 2.47. The van der Waals surface area contributed by atoms with Crippen molar-refractivity contribution in [3.8, 4) is 5.75 Å². The molecule has 2 aromatic rings. The molecule has 1 aliphatic rings. The lowest BCUT2D eigenvalue weighted by molar-refractivity contribution is 0.284. The predicted molar refractivity (Wildman–Crippen MR) is 68.3 cm³/mol. The van der Waals surface area contributed by atoms with Gasteiger partial charge < -0.3 is 10.5 Å². The van der Waals surface area contributed by atoms with E-state index < -0.39 is 0 Å². The molecule has 0 radical (unpaired) electrons. The first kappa shape index (κ1) is 11.2. The fourth-order valence-electron chi connectivity index (χ4n) is 2.27. The quantitative estimate of drug-likeness (QED) is 0.871. The molecule has 1 unspecified atom stereocenters.